The molecule has 0 aliphatic rings. The summed E-state index contributed by atoms with van der Waals surface area (Å²) in [5, 5.41) is 15.0. The number of aliphatic hydroxyl groups excluding tert-OH is 2. The zero-order valence-corrected chi connectivity index (χ0v) is 5.42. The Bertz CT molecular complexity index is 62.3. The Labute approximate surface area is 102 Å². The van der Waals surface area contributed by atoms with Gasteiger partial charge in [0.25, 0.3) is 0 Å². The summed E-state index contributed by atoms with van der Waals surface area (Å²) in [7, 11) is 0. The predicted octanol–water partition coefficient (Wildman–Crippen LogP) is 0.745. The van der Waals surface area contributed by atoms with E-state index in [1.54, 1.807) is 0 Å². The first kappa shape index (κ1) is 16.2. The molecule has 0 spiro atoms. The summed E-state index contributed by atoms with van der Waals surface area (Å²) < 4.78 is 0. The van der Waals surface area contributed by atoms with Crippen LogP contribution in [0.3, 0.4) is 0 Å². The second-order valence-electron chi connectivity index (χ2n) is 0.624. The van der Waals surface area contributed by atoms with E-state index in [2.05, 4.69) is 24.4 Å². The Kier molecular flexibility index (Phi) is 32.0. The molecule has 2 N–H and O–H groups in total. The van der Waals surface area contributed by atoms with Gasteiger partial charge in [0.2, 0.25) is 0 Å². The monoisotopic (exact) mass is 178 g/mol. The van der Waals surface area contributed by atoms with E-state index in [1.165, 1.54) is 6.92 Å². The van der Waals surface area contributed by atoms with Crippen molar-refractivity contribution in [2.45, 2.75) is 6.92 Å². The Morgan fingerprint density at radius 3 is 1.62 bits per heavy atom. The second kappa shape index (κ2) is 15.8. The molecule has 0 bridgehead atoms. The maximum absolute atomic E-state index is 7.79. The molecule has 44 valence electrons. The van der Waals surface area contributed by atoms with E-state index in [1.807, 2.05) is 0 Å². The zero-order valence-electron chi connectivity index (χ0n) is 3.79. The molecule has 0 aromatic rings. The van der Waals surface area contributed by atoms with Crippen molar-refractivity contribution in [2.24, 2.45) is 0 Å². The molecular weight excluding hydrogens is 171 g/mol. The molecule has 0 radical (unpaired) electrons. The number of thiocarbonyl (C=S) groups is 2. The molecule has 0 saturated heterocycles. The Morgan fingerprint density at radius 2 is 1.62 bits per heavy atom. The van der Waals surface area contributed by atoms with E-state index < -0.39 is 0 Å². The Morgan fingerprint density at radius 1 is 1.62 bits per heavy atom. The molecule has 0 aromatic heterocycles. The molecule has 0 atom stereocenters. The van der Waals surface area contributed by atoms with Crippen LogP contribution < -0.4 is 0 Å². The van der Waals surface area contributed by atoms with Gasteiger partial charge in [-0.2, -0.15) is 0 Å². The van der Waals surface area contributed by atoms with Gasteiger partial charge >= 0.3 is 51.4 Å². The molecule has 2 nitrogen and oxygen atoms in total. The number of hydrogen-bond acceptors (Lipinski definition) is 2. The summed E-state index contributed by atoms with van der Waals surface area (Å²) in [4.78, 5) is 0. The van der Waals surface area contributed by atoms with Crippen LogP contribution in [0.15, 0.2) is 0 Å². The molecule has 0 heterocycles. The van der Waals surface area contributed by atoms with Crippen molar-refractivity contribution in [1.29, 1.82) is 0 Å². The van der Waals surface area contributed by atoms with Crippen LogP contribution in [0.2, 0.25) is 0 Å². The van der Waals surface area contributed by atoms with Crippen LogP contribution in [-0.4, -0.2) is 72.2 Å². The van der Waals surface area contributed by atoms with Crippen LogP contribution in [0, 0.1) is 0 Å². The van der Waals surface area contributed by atoms with Crippen LogP contribution in [-0.2, 0) is 0 Å². The van der Waals surface area contributed by atoms with E-state index in [0.29, 0.717) is 5.55 Å². The molecule has 0 unspecified atom stereocenters. The molecule has 8 heavy (non-hydrogen) atoms. The normalized spacial score (nSPS) is 4.62. The van der Waals surface area contributed by atoms with Gasteiger partial charge in [-0.1, -0.05) is 0 Å². The van der Waals surface area contributed by atoms with Gasteiger partial charge in [0, 0.05) is 6.92 Å². The number of aliphatic hydroxyl groups is 2. The van der Waals surface area contributed by atoms with Gasteiger partial charge in [0.15, 0.2) is 5.05 Å². The zero-order chi connectivity index (χ0) is 6.28. The van der Waals surface area contributed by atoms with E-state index in [9.17, 15) is 0 Å². The number of rotatable bonds is 0. The molecule has 0 fully saturated rings. The summed E-state index contributed by atoms with van der Waals surface area (Å²) in [6, 6.07) is 0. The van der Waals surface area contributed by atoms with Gasteiger partial charge in [-0.05, 0) is 24.4 Å². The van der Waals surface area contributed by atoms with E-state index in [4.69, 9.17) is 10.2 Å². The summed E-state index contributed by atoms with van der Waals surface area (Å²) in [6.45, 7) is 1.45. The van der Waals surface area contributed by atoms with Crippen LogP contribution in [0.5, 0.6) is 0 Å². The fourth-order valence-corrected chi connectivity index (χ4v) is 0. The molecule has 0 saturated carbocycles. The summed E-state index contributed by atoms with van der Waals surface area (Å²) in [5.74, 6) is 0. The summed E-state index contributed by atoms with van der Waals surface area (Å²) in [6.07, 6.45) is 0. The molecule has 0 aliphatic heterocycles. The summed E-state index contributed by atoms with van der Waals surface area (Å²) in [5.41, 5.74) is 0.583. The second-order valence-corrected chi connectivity index (χ2v) is 1.43. The van der Waals surface area contributed by atoms with Crippen molar-refractivity contribution in [2.75, 3.05) is 0 Å². The Hall–Kier alpha value is 1.42. The van der Waals surface area contributed by atoms with Crippen LogP contribution in [0.4, 0.5) is 0 Å². The first-order valence-electron chi connectivity index (χ1n) is 1.42. The Balaban J connectivity index is -0.0000000575. The molecule has 0 amide bonds. The first-order valence-corrected chi connectivity index (χ1v) is 2.30. The third kappa shape index (κ3) is 152. The van der Waals surface area contributed by atoms with Crippen molar-refractivity contribution < 1.29 is 10.2 Å². The van der Waals surface area contributed by atoms with E-state index in [-0.39, 0.29) is 56.4 Å². The molecule has 0 aliphatic carbocycles. The fourth-order valence-electron chi connectivity index (χ4n) is 0. The van der Waals surface area contributed by atoms with Crippen molar-refractivity contribution in [3.05, 3.63) is 0 Å². The number of hydrogen-bond donors (Lipinski definition) is 2. The first-order chi connectivity index (χ1) is 3.15. The molecule has 5 heteroatoms. The third-order valence-electron chi connectivity index (χ3n) is 0. The van der Waals surface area contributed by atoms with Crippen LogP contribution >= 0.6 is 24.4 Å². The van der Waals surface area contributed by atoms with Gasteiger partial charge in [0.05, 0.1) is 0 Å². The topological polar surface area (TPSA) is 40.5 Å². The third-order valence-corrected chi connectivity index (χ3v) is 0. The average molecular weight is 178 g/mol. The SMILES string of the molecule is CC(O)=S.OC=S.[KH]. The van der Waals surface area contributed by atoms with Gasteiger partial charge < -0.3 is 10.2 Å². The maximum atomic E-state index is 7.79. The van der Waals surface area contributed by atoms with Crippen LogP contribution in [0.25, 0.3) is 0 Å². The standard InChI is InChI=1S/C2H4OS.CH2OS.K.H/c1-2(3)4;2-1-3;;/h1H3,(H,3,4);1H,(H,2,3);;. The average Bonchev–Trinajstić information content (AvgIpc) is 1.33. The van der Waals surface area contributed by atoms with Gasteiger partial charge in [-0.25, -0.2) is 0 Å². The van der Waals surface area contributed by atoms with Crippen molar-refractivity contribution in [3.63, 3.8) is 0 Å². The molecule has 0 aromatic carbocycles. The molecular formula is C3H7KO2S2. The van der Waals surface area contributed by atoms with Gasteiger partial charge in [-0.15, -0.1) is 0 Å². The minimum atomic E-state index is 0. The van der Waals surface area contributed by atoms with Crippen LogP contribution in [0.1, 0.15) is 6.92 Å². The minimum absolute atomic E-state index is 0. The fraction of sp³-hybridized carbons (Fsp3) is 0.333. The van der Waals surface area contributed by atoms with Gasteiger partial charge in [-0.3, -0.25) is 0 Å². The van der Waals surface area contributed by atoms with Gasteiger partial charge in [0.1, 0.15) is 5.55 Å². The summed E-state index contributed by atoms with van der Waals surface area (Å²) >= 11 is 7.92. The van der Waals surface area contributed by atoms with Crippen molar-refractivity contribution in [1.82, 2.24) is 0 Å². The van der Waals surface area contributed by atoms with Crippen molar-refractivity contribution in [3.8, 4) is 0 Å². The van der Waals surface area contributed by atoms with E-state index >= 15 is 0 Å². The van der Waals surface area contributed by atoms with Crippen molar-refractivity contribution >= 4 is 86.4 Å². The van der Waals surface area contributed by atoms with E-state index in [0.717, 1.165) is 0 Å². The quantitative estimate of drug-likeness (QED) is 0.424. The predicted molar refractivity (Wildman–Crippen MR) is 44.3 cm³/mol. The molecule has 0 rings (SSSR count).